The molecule has 2 amide bonds. The summed E-state index contributed by atoms with van der Waals surface area (Å²) in [6.07, 6.45) is 4.80. The van der Waals surface area contributed by atoms with Gasteiger partial charge >= 0.3 is 0 Å². The number of carbonyl (C=O) groups is 2. The summed E-state index contributed by atoms with van der Waals surface area (Å²) in [5.41, 5.74) is 1.20. The van der Waals surface area contributed by atoms with Crippen LogP contribution in [0.5, 0.6) is 0 Å². The van der Waals surface area contributed by atoms with E-state index >= 15 is 0 Å². The average molecular weight is 371 g/mol. The van der Waals surface area contributed by atoms with Crippen LogP contribution in [-0.2, 0) is 4.79 Å². The molecule has 1 atom stereocenters. The van der Waals surface area contributed by atoms with E-state index in [9.17, 15) is 9.59 Å². The van der Waals surface area contributed by atoms with Crippen molar-refractivity contribution in [3.63, 3.8) is 0 Å². The van der Waals surface area contributed by atoms with Crippen LogP contribution in [0.2, 0.25) is 0 Å². The van der Waals surface area contributed by atoms with Crippen LogP contribution in [0.1, 0.15) is 49.4 Å². The first-order chi connectivity index (χ1) is 12.6. The van der Waals surface area contributed by atoms with E-state index in [0.29, 0.717) is 16.9 Å². The van der Waals surface area contributed by atoms with Gasteiger partial charge in [-0.1, -0.05) is 62.9 Å². The second-order valence-electron chi connectivity index (χ2n) is 6.25. The topological polar surface area (TPSA) is 58.2 Å². The van der Waals surface area contributed by atoms with Gasteiger partial charge in [-0.3, -0.25) is 9.59 Å². The third kappa shape index (κ3) is 6.23. The monoisotopic (exact) mass is 370 g/mol. The fourth-order valence-corrected chi connectivity index (χ4v) is 2.96. The Balaban J connectivity index is 2.05. The van der Waals surface area contributed by atoms with Gasteiger partial charge < -0.3 is 10.6 Å². The maximum absolute atomic E-state index is 12.7. The Hall–Kier alpha value is -2.27. The molecule has 0 aliphatic rings. The molecule has 1 unspecified atom stereocenters. The number of anilines is 1. The van der Waals surface area contributed by atoms with E-state index in [1.165, 1.54) is 0 Å². The molecule has 0 saturated heterocycles. The molecular formula is C21H26N2O2S. The number of rotatable bonds is 9. The molecule has 2 aromatic rings. The summed E-state index contributed by atoms with van der Waals surface area (Å²) in [5, 5.41) is 5.75. The minimum atomic E-state index is -0.576. The summed E-state index contributed by atoms with van der Waals surface area (Å²) in [4.78, 5) is 25.9. The summed E-state index contributed by atoms with van der Waals surface area (Å²) in [6.45, 7) is 2.14. The highest BCUT2D eigenvalue weighted by molar-refractivity contribution is 7.80. The maximum atomic E-state index is 12.7. The molecular weight excluding hydrogens is 344 g/mol. The van der Waals surface area contributed by atoms with Gasteiger partial charge in [-0.2, -0.15) is 0 Å². The van der Waals surface area contributed by atoms with Crippen LogP contribution in [0.25, 0.3) is 0 Å². The normalized spacial score (nSPS) is 11.6. The highest BCUT2D eigenvalue weighted by Gasteiger charge is 2.22. The first kappa shape index (κ1) is 20.0. The third-order valence-electron chi connectivity index (χ3n) is 4.16. The van der Waals surface area contributed by atoms with E-state index in [4.69, 9.17) is 0 Å². The number of para-hydroxylation sites is 1. The molecule has 138 valence electrons. The molecule has 0 aromatic heterocycles. The Morgan fingerprint density at radius 3 is 2.35 bits per heavy atom. The van der Waals surface area contributed by atoms with Gasteiger partial charge in [-0.25, -0.2) is 0 Å². The molecule has 26 heavy (non-hydrogen) atoms. The van der Waals surface area contributed by atoms with Crippen LogP contribution in [0.15, 0.2) is 59.5 Å². The van der Waals surface area contributed by atoms with Gasteiger partial charge in [-0.05, 0) is 30.7 Å². The number of amides is 2. The zero-order chi connectivity index (χ0) is 18.8. The Kier molecular flexibility index (Phi) is 8.22. The lowest BCUT2D eigenvalue weighted by molar-refractivity contribution is -0.118. The van der Waals surface area contributed by atoms with Crippen LogP contribution in [0, 0.1) is 0 Å². The minimum Gasteiger partial charge on any atom is -0.340 e. The van der Waals surface area contributed by atoms with Crippen LogP contribution in [0.4, 0.5) is 5.69 Å². The number of thiol groups is 1. The Morgan fingerprint density at radius 2 is 1.65 bits per heavy atom. The van der Waals surface area contributed by atoms with Crippen molar-refractivity contribution in [2.24, 2.45) is 0 Å². The van der Waals surface area contributed by atoms with Crippen molar-refractivity contribution >= 4 is 30.1 Å². The zero-order valence-corrected chi connectivity index (χ0v) is 16.0. The van der Waals surface area contributed by atoms with Gasteiger partial charge in [0.1, 0.15) is 6.04 Å². The first-order valence-corrected chi connectivity index (χ1v) is 9.51. The van der Waals surface area contributed by atoms with Crippen molar-refractivity contribution in [2.75, 3.05) is 5.32 Å². The molecule has 2 rings (SSSR count). The van der Waals surface area contributed by atoms with Gasteiger partial charge in [0.15, 0.2) is 0 Å². The summed E-state index contributed by atoms with van der Waals surface area (Å²) < 4.78 is 0. The molecule has 4 nitrogen and oxygen atoms in total. The summed E-state index contributed by atoms with van der Waals surface area (Å²) in [5.74, 6) is -0.475. The summed E-state index contributed by atoms with van der Waals surface area (Å²) in [7, 11) is 0. The smallest absolute Gasteiger partial charge is 0.253 e. The number of nitrogens with one attached hydrogen (secondary N) is 2. The lowest BCUT2D eigenvalue weighted by atomic mass is 10.1. The fourth-order valence-electron chi connectivity index (χ4n) is 2.70. The SMILES string of the molecule is CCCCCCC(NC(=O)c1ccccc1S)C(=O)Nc1ccccc1. The number of unbranched alkanes of at least 4 members (excludes halogenated alkanes) is 3. The Morgan fingerprint density at radius 1 is 0.962 bits per heavy atom. The lowest BCUT2D eigenvalue weighted by Crippen LogP contribution is -2.43. The summed E-state index contributed by atoms with van der Waals surface area (Å²) >= 11 is 4.33. The molecule has 0 saturated carbocycles. The van der Waals surface area contributed by atoms with Crippen molar-refractivity contribution in [3.05, 3.63) is 60.2 Å². The Labute approximate surface area is 160 Å². The average Bonchev–Trinajstić information content (AvgIpc) is 2.65. The van der Waals surface area contributed by atoms with Gasteiger partial charge in [0.25, 0.3) is 5.91 Å². The van der Waals surface area contributed by atoms with Crippen molar-refractivity contribution in [3.8, 4) is 0 Å². The van der Waals surface area contributed by atoms with Crippen LogP contribution in [0.3, 0.4) is 0 Å². The molecule has 5 heteroatoms. The maximum Gasteiger partial charge on any atom is 0.253 e. The Bertz CT molecular complexity index is 719. The van der Waals surface area contributed by atoms with E-state index in [1.54, 1.807) is 18.2 Å². The van der Waals surface area contributed by atoms with Crippen molar-refractivity contribution in [1.82, 2.24) is 5.32 Å². The molecule has 0 bridgehead atoms. The molecule has 2 aromatic carbocycles. The first-order valence-electron chi connectivity index (χ1n) is 9.06. The highest BCUT2D eigenvalue weighted by atomic mass is 32.1. The molecule has 0 fully saturated rings. The second kappa shape index (κ2) is 10.7. The van der Waals surface area contributed by atoms with E-state index in [-0.39, 0.29) is 11.8 Å². The van der Waals surface area contributed by atoms with Gasteiger partial charge in [0.05, 0.1) is 5.56 Å². The molecule has 0 aliphatic heterocycles. The largest absolute Gasteiger partial charge is 0.340 e. The molecule has 0 aliphatic carbocycles. The number of hydrogen-bond donors (Lipinski definition) is 3. The standard InChI is InChI=1S/C21H26N2O2S/c1-2-3-4-8-14-18(21(25)22-16-11-6-5-7-12-16)23-20(24)17-13-9-10-15-19(17)26/h5-7,9-13,15,18,26H,2-4,8,14H2,1H3,(H,22,25)(H,23,24). The molecule has 0 spiro atoms. The van der Waals surface area contributed by atoms with Crippen LogP contribution in [-0.4, -0.2) is 17.9 Å². The third-order valence-corrected chi connectivity index (χ3v) is 4.55. The van der Waals surface area contributed by atoms with Gasteiger partial charge in [0, 0.05) is 10.6 Å². The predicted octanol–water partition coefficient (Wildman–Crippen LogP) is 4.68. The molecule has 0 heterocycles. The van der Waals surface area contributed by atoms with Crippen molar-refractivity contribution in [2.45, 2.75) is 50.0 Å². The van der Waals surface area contributed by atoms with Crippen LogP contribution >= 0.6 is 12.6 Å². The van der Waals surface area contributed by atoms with E-state index in [2.05, 4.69) is 30.2 Å². The highest BCUT2D eigenvalue weighted by Crippen LogP contribution is 2.15. The van der Waals surface area contributed by atoms with Gasteiger partial charge in [0.2, 0.25) is 5.91 Å². The van der Waals surface area contributed by atoms with E-state index < -0.39 is 6.04 Å². The second-order valence-corrected chi connectivity index (χ2v) is 6.73. The minimum absolute atomic E-state index is 0.197. The number of benzene rings is 2. The van der Waals surface area contributed by atoms with Crippen molar-refractivity contribution < 1.29 is 9.59 Å². The number of hydrogen-bond acceptors (Lipinski definition) is 3. The lowest BCUT2D eigenvalue weighted by Gasteiger charge is -2.19. The number of carbonyl (C=O) groups excluding carboxylic acids is 2. The van der Waals surface area contributed by atoms with E-state index in [1.807, 2.05) is 36.4 Å². The predicted molar refractivity (Wildman–Crippen MR) is 109 cm³/mol. The molecule has 2 N–H and O–H groups in total. The zero-order valence-electron chi connectivity index (χ0n) is 15.1. The quantitative estimate of drug-likeness (QED) is 0.443. The van der Waals surface area contributed by atoms with E-state index in [0.717, 1.165) is 31.4 Å². The van der Waals surface area contributed by atoms with Crippen LogP contribution < -0.4 is 10.6 Å². The summed E-state index contributed by atoms with van der Waals surface area (Å²) in [6, 6.07) is 15.8. The van der Waals surface area contributed by atoms with Crippen molar-refractivity contribution in [1.29, 1.82) is 0 Å². The fraction of sp³-hybridized carbons (Fsp3) is 0.333. The molecule has 0 radical (unpaired) electrons. The van der Waals surface area contributed by atoms with Gasteiger partial charge in [-0.15, -0.1) is 12.6 Å².